The number of hydrogen-bond donors (Lipinski definition) is 1. The SMILES string of the molecule is CCOC(=O)C(F)(C(C)=O)N(NC(=O)OC(C)(C)C)C(=O)OC(C)(C)C. The predicted octanol–water partition coefficient (Wildman–Crippen LogP) is 2.48. The monoisotopic (exact) mass is 378 g/mol. The summed E-state index contributed by atoms with van der Waals surface area (Å²) in [5.41, 5.74) is -0.325. The van der Waals surface area contributed by atoms with Gasteiger partial charge in [0.1, 0.15) is 11.2 Å². The zero-order valence-corrected chi connectivity index (χ0v) is 16.4. The van der Waals surface area contributed by atoms with Gasteiger partial charge >= 0.3 is 23.9 Å². The number of nitrogens with zero attached hydrogens (tertiary/aromatic N) is 1. The number of hydrogen-bond acceptors (Lipinski definition) is 7. The highest BCUT2D eigenvalue weighted by Crippen LogP contribution is 2.23. The van der Waals surface area contributed by atoms with Crippen molar-refractivity contribution >= 4 is 23.9 Å². The van der Waals surface area contributed by atoms with Gasteiger partial charge in [0.05, 0.1) is 6.61 Å². The lowest BCUT2D eigenvalue weighted by molar-refractivity contribution is -0.179. The first-order valence-corrected chi connectivity index (χ1v) is 7.94. The van der Waals surface area contributed by atoms with Crippen LogP contribution in [-0.2, 0) is 23.8 Å². The minimum absolute atomic E-state index is 0.160. The maximum absolute atomic E-state index is 15.3. The third-order valence-corrected chi connectivity index (χ3v) is 2.50. The first-order chi connectivity index (χ1) is 11.5. The average Bonchev–Trinajstić information content (AvgIpc) is 2.39. The molecule has 9 nitrogen and oxygen atoms in total. The fraction of sp³-hybridized carbons (Fsp3) is 0.750. The Hall–Kier alpha value is -2.39. The number of amides is 2. The van der Waals surface area contributed by atoms with E-state index in [1.165, 1.54) is 48.5 Å². The van der Waals surface area contributed by atoms with Crippen LogP contribution in [0.2, 0.25) is 0 Å². The van der Waals surface area contributed by atoms with E-state index in [0.29, 0.717) is 0 Å². The van der Waals surface area contributed by atoms with Crippen LogP contribution in [0.3, 0.4) is 0 Å². The molecule has 0 fully saturated rings. The number of nitrogens with one attached hydrogen (secondary N) is 1. The summed E-state index contributed by atoms with van der Waals surface area (Å²) in [5.74, 6) is -6.69. The first kappa shape index (κ1) is 23.6. The van der Waals surface area contributed by atoms with Crippen LogP contribution >= 0.6 is 0 Å². The van der Waals surface area contributed by atoms with Crippen LogP contribution in [-0.4, -0.2) is 52.5 Å². The molecule has 0 aromatic rings. The lowest BCUT2D eigenvalue weighted by Crippen LogP contribution is -2.66. The summed E-state index contributed by atoms with van der Waals surface area (Å²) < 4.78 is 29.8. The van der Waals surface area contributed by atoms with Crippen LogP contribution in [0.15, 0.2) is 0 Å². The molecule has 1 atom stereocenters. The van der Waals surface area contributed by atoms with E-state index in [1.54, 1.807) is 5.43 Å². The van der Waals surface area contributed by atoms with Gasteiger partial charge in [-0.15, -0.1) is 0 Å². The molecule has 150 valence electrons. The number of carbonyl (C=O) groups is 4. The van der Waals surface area contributed by atoms with E-state index in [-0.39, 0.29) is 11.6 Å². The van der Waals surface area contributed by atoms with Gasteiger partial charge in [-0.2, -0.15) is 9.40 Å². The molecule has 1 N–H and O–H groups in total. The van der Waals surface area contributed by atoms with Crippen molar-refractivity contribution in [2.45, 2.75) is 72.4 Å². The largest absolute Gasteiger partial charge is 0.462 e. The normalized spacial score (nSPS) is 13.9. The van der Waals surface area contributed by atoms with Crippen molar-refractivity contribution in [3.8, 4) is 0 Å². The number of alkyl halides is 1. The summed E-state index contributed by atoms with van der Waals surface area (Å²) in [6.45, 7) is 10.9. The molecule has 1 unspecified atom stereocenters. The van der Waals surface area contributed by atoms with Crippen molar-refractivity contribution in [1.82, 2.24) is 10.4 Å². The standard InChI is InChI=1S/C16H27FN2O7/c1-9-24-11(21)16(17,10(2)20)19(13(23)26-15(6,7)8)18-12(22)25-14(3,4)5/h9H2,1-8H3,(H,18,22). The Bertz CT molecular complexity index is 566. The molecule has 0 aliphatic carbocycles. The van der Waals surface area contributed by atoms with E-state index in [2.05, 4.69) is 4.74 Å². The topological polar surface area (TPSA) is 111 Å². The Balaban J connectivity index is 5.94. The maximum Gasteiger partial charge on any atom is 0.433 e. The molecule has 0 saturated carbocycles. The highest BCUT2D eigenvalue weighted by molar-refractivity contribution is 6.07. The van der Waals surface area contributed by atoms with Crippen LogP contribution in [0, 0.1) is 0 Å². The molecule has 0 aromatic carbocycles. The van der Waals surface area contributed by atoms with Gasteiger partial charge in [0, 0.05) is 6.92 Å². The minimum atomic E-state index is -3.63. The number of hydrazine groups is 1. The molecule has 10 heteroatoms. The zero-order valence-electron chi connectivity index (χ0n) is 16.4. The summed E-state index contributed by atoms with van der Waals surface area (Å²) in [5, 5.41) is -0.160. The molecule has 0 aromatic heterocycles. The van der Waals surface area contributed by atoms with Crippen molar-refractivity contribution in [3.05, 3.63) is 0 Å². The van der Waals surface area contributed by atoms with Crippen LogP contribution in [0.1, 0.15) is 55.4 Å². The number of Topliss-reactive ketones (excluding diaryl/α,β-unsaturated/α-hetero) is 1. The Morgan fingerprint density at radius 3 is 1.77 bits per heavy atom. The second-order valence-electron chi connectivity index (χ2n) is 7.33. The van der Waals surface area contributed by atoms with Crippen molar-refractivity contribution in [2.75, 3.05) is 6.61 Å². The third-order valence-electron chi connectivity index (χ3n) is 2.50. The second kappa shape index (κ2) is 8.33. The summed E-state index contributed by atoms with van der Waals surface area (Å²) in [6, 6.07) is 0. The van der Waals surface area contributed by atoms with E-state index < -0.39 is 40.9 Å². The van der Waals surface area contributed by atoms with Gasteiger partial charge in [0.2, 0.25) is 5.78 Å². The van der Waals surface area contributed by atoms with E-state index in [0.717, 1.165) is 6.92 Å². The van der Waals surface area contributed by atoms with Crippen LogP contribution in [0.4, 0.5) is 14.0 Å². The van der Waals surface area contributed by atoms with Crippen molar-refractivity contribution in [1.29, 1.82) is 0 Å². The van der Waals surface area contributed by atoms with Crippen LogP contribution < -0.4 is 5.43 Å². The number of carbonyl (C=O) groups excluding carboxylic acids is 4. The molecule has 0 rings (SSSR count). The predicted molar refractivity (Wildman–Crippen MR) is 88.6 cm³/mol. The van der Waals surface area contributed by atoms with Crippen LogP contribution in [0.25, 0.3) is 0 Å². The Kier molecular flexibility index (Phi) is 7.56. The molecule has 2 amide bonds. The highest BCUT2D eigenvalue weighted by Gasteiger charge is 2.56. The van der Waals surface area contributed by atoms with Gasteiger partial charge < -0.3 is 14.2 Å². The van der Waals surface area contributed by atoms with E-state index in [1.807, 2.05) is 0 Å². The maximum atomic E-state index is 15.3. The van der Waals surface area contributed by atoms with E-state index in [4.69, 9.17) is 9.47 Å². The molecular weight excluding hydrogens is 351 g/mol. The number of esters is 1. The number of rotatable bonds is 4. The first-order valence-electron chi connectivity index (χ1n) is 7.94. The number of ketones is 1. The van der Waals surface area contributed by atoms with Gasteiger partial charge in [-0.1, -0.05) is 0 Å². The zero-order chi connectivity index (χ0) is 20.9. The molecule has 0 saturated heterocycles. The van der Waals surface area contributed by atoms with Gasteiger partial charge in [-0.25, -0.2) is 19.8 Å². The fourth-order valence-electron chi connectivity index (χ4n) is 1.57. The van der Waals surface area contributed by atoms with Crippen molar-refractivity contribution < 1.29 is 37.8 Å². The lowest BCUT2D eigenvalue weighted by atomic mass is 10.1. The van der Waals surface area contributed by atoms with Gasteiger partial charge in [-0.05, 0) is 48.5 Å². The summed E-state index contributed by atoms with van der Waals surface area (Å²) in [6.07, 6.45) is -2.75. The van der Waals surface area contributed by atoms with Crippen molar-refractivity contribution in [2.24, 2.45) is 0 Å². The third kappa shape index (κ3) is 6.85. The summed E-state index contributed by atoms with van der Waals surface area (Å²) >= 11 is 0. The minimum Gasteiger partial charge on any atom is -0.462 e. The number of halogens is 1. The average molecular weight is 378 g/mol. The Morgan fingerprint density at radius 1 is 0.962 bits per heavy atom. The molecule has 0 aliphatic heterocycles. The molecule has 0 aliphatic rings. The smallest absolute Gasteiger partial charge is 0.433 e. The molecule has 0 heterocycles. The number of ether oxygens (including phenoxy) is 3. The lowest BCUT2D eigenvalue weighted by Gasteiger charge is -2.34. The Morgan fingerprint density at radius 2 is 1.42 bits per heavy atom. The Labute approximate surface area is 152 Å². The van der Waals surface area contributed by atoms with E-state index >= 15 is 4.39 Å². The molecule has 0 bridgehead atoms. The molecule has 26 heavy (non-hydrogen) atoms. The van der Waals surface area contributed by atoms with Gasteiger partial charge in [0.25, 0.3) is 0 Å². The highest BCUT2D eigenvalue weighted by atomic mass is 19.1. The summed E-state index contributed by atoms with van der Waals surface area (Å²) in [7, 11) is 0. The van der Waals surface area contributed by atoms with Gasteiger partial charge in [0.15, 0.2) is 0 Å². The summed E-state index contributed by atoms with van der Waals surface area (Å²) in [4.78, 5) is 48.2. The quantitative estimate of drug-likeness (QED) is 0.263. The van der Waals surface area contributed by atoms with Crippen LogP contribution in [0.5, 0.6) is 0 Å². The molecular formula is C16H27FN2O7. The molecule has 0 spiro atoms. The van der Waals surface area contributed by atoms with Crippen molar-refractivity contribution in [3.63, 3.8) is 0 Å². The van der Waals surface area contributed by atoms with E-state index in [9.17, 15) is 19.2 Å². The molecule has 0 radical (unpaired) electrons. The van der Waals surface area contributed by atoms with Gasteiger partial charge in [-0.3, -0.25) is 4.79 Å². The second-order valence-corrected chi connectivity index (χ2v) is 7.33. The fourth-order valence-corrected chi connectivity index (χ4v) is 1.57.